The first-order valence-corrected chi connectivity index (χ1v) is 6.44. The Morgan fingerprint density at radius 3 is 2.83 bits per heavy atom. The van der Waals surface area contributed by atoms with Crippen LogP contribution in [0.5, 0.6) is 0 Å². The van der Waals surface area contributed by atoms with Crippen LogP contribution < -0.4 is 5.73 Å². The third-order valence-corrected chi connectivity index (χ3v) is 3.65. The van der Waals surface area contributed by atoms with E-state index in [1.54, 1.807) is 18.2 Å². The van der Waals surface area contributed by atoms with Crippen LogP contribution in [0.4, 0.5) is 4.39 Å². The summed E-state index contributed by atoms with van der Waals surface area (Å²) in [5.41, 5.74) is 6.21. The van der Waals surface area contributed by atoms with Gasteiger partial charge in [-0.15, -0.1) is 0 Å². The molecule has 4 heteroatoms. The third-order valence-electron chi connectivity index (χ3n) is 3.65. The van der Waals surface area contributed by atoms with Crippen molar-refractivity contribution in [2.24, 2.45) is 11.7 Å². The topological polar surface area (TPSA) is 55.5 Å². The highest BCUT2D eigenvalue weighted by Crippen LogP contribution is 2.29. The minimum Gasteiger partial charge on any atom is -0.392 e. The number of hydrogen-bond acceptors (Lipinski definition) is 3. The summed E-state index contributed by atoms with van der Waals surface area (Å²) in [5.74, 6) is -0.617. The van der Waals surface area contributed by atoms with Crippen molar-refractivity contribution < 1.29 is 14.2 Å². The van der Waals surface area contributed by atoms with Crippen molar-refractivity contribution in [3.63, 3.8) is 0 Å². The average molecular weight is 253 g/mol. The van der Waals surface area contributed by atoms with Crippen molar-refractivity contribution in [1.82, 2.24) is 0 Å². The number of benzene rings is 1. The van der Waals surface area contributed by atoms with Crippen molar-refractivity contribution in [2.45, 2.75) is 24.9 Å². The summed E-state index contributed by atoms with van der Waals surface area (Å²) in [6.07, 6.45) is 1.20. The zero-order chi connectivity index (χ0) is 13.0. The molecular weight excluding hydrogens is 233 g/mol. The van der Waals surface area contributed by atoms with Gasteiger partial charge in [-0.3, -0.25) is 0 Å². The zero-order valence-electron chi connectivity index (χ0n) is 10.4. The molecule has 1 saturated heterocycles. The molecule has 1 fully saturated rings. The second-order valence-corrected chi connectivity index (χ2v) is 4.83. The quantitative estimate of drug-likeness (QED) is 0.858. The summed E-state index contributed by atoms with van der Waals surface area (Å²) in [6.45, 7) is 1.51. The van der Waals surface area contributed by atoms with Gasteiger partial charge in [-0.25, -0.2) is 4.39 Å². The Labute approximate surface area is 107 Å². The van der Waals surface area contributed by atoms with Gasteiger partial charge in [-0.05, 0) is 24.5 Å². The van der Waals surface area contributed by atoms with Gasteiger partial charge in [0.15, 0.2) is 0 Å². The fourth-order valence-electron chi connectivity index (χ4n) is 2.59. The molecule has 1 heterocycles. The van der Waals surface area contributed by atoms with Crippen molar-refractivity contribution in [3.8, 4) is 0 Å². The molecule has 100 valence electrons. The van der Waals surface area contributed by atoms with Crippen LogP contribution in [0.25, 0.3) is 0 Å². The van der Waals surface area contributed by atoms with Crippen LogP contribution in [0.3, 0.4) is 0 Å². The van der Waals surface area contributed by atoms with Crippen LogP contribution >= 0.6 is 0 Å². The molecule has 0 spiro atoms. The van der Waals surface area contributed by atoms with E-state index in [0.29, 0.717) is 12.2 Å². The van der Waals surface area contributed by atoms with Crippen molar-refractivity contribution in [2.75, 3.05) is 19.8 Å². The molecule has 1 aliphatic rings. The smallest absolute Gasteiger partial charge is 0.126 e. The first-order chi connectivity index (χ1) is 8.74. The van der Waals surface area contributed by atoms with Gasteiger partial charge in [0, 0.05) is 25.0 Å². The Balaban J connectivity index is 2.14. The monoisotopic (exact) mass is 253 g/mol. The molecule has 3 unspecified atom stereocenters. The largest absolute Gasteiger partial charge is 0.392 e. The Morgan fingerprint density at radius 1 is 1.44 bits per heavy atom. The molecule has 0 aromatic heterocycles. The van der Waals surface area contributed by atoms with Gasteiger partial charge in [0.1, 0.15) is 5.82 Å². The van der Waals surface area contributed by atoms with E-state index in [0.717, 1.165) is 19.4 Å². The Morgan fingerprint density at radius 2 is 2.22 bits per heavy atom. The van der Waals surface area contributed by atoms with E-state index < -0.39 is 6.10 Å². The average Bonchev–Trinajstić information content (AvgIpc) is 2.42. The summed E-state index contributed by atoms with van der Waals surface area (Å²) < 4.78 is 19.1. The number of aliphatic hydroxyl groups excluding tert-OH is 1. The van der Waals surface area contributed by atoms with Gasteiger partial charge in [-0.2, -0.15) is 0 Å². The maximum absolute atomic E-state index is 13.8. The molecule has 3 nitrogen and oxygen atoms in total. The molecule has 0 bridgehead atoms. The SMILES string of the molecule is NCC(c1ccccc1F)C(O)C1CCCOC1. The van der Waals surface area contributed by atoms with Gasteiger partial charge in [-0.1, -0.05) is 18.2 Å². The van der Waals surface area contributed by atoms with E-state index >= 15 is 0 Å². The lowest BCUT2D eigenvalue weighted by Gasteiger charge is -2.32. The predicted molar refractivity (Wildman–Crippen MR) is 67.7 cm³/mol. The normalized spacial score (nSPS) is 23.6. The molecule has 1 aliphatic heterocycles. The zero-order valence-corrected chi connectivity index (χ0v) is 10.4. The molecule has 0 saturated carbocycles. The summed E-state index contributed by atoms with van der Waals surface area (Å²) in [7, 11) is 0. The minimum absolute atomic E-state index is 0.0481. The van der Waals surface area contributed by atoms with Crippen LogP contribution in [-0.2, 0) is 4.74 Å². The summed E-state index contributed by atoms with van der Waals surface area (Å²) >= 11 is 0. The molecule has 18 heavy (non-hydrogen) atoms. The van der Waals surface area contributed by atoms with Crippen LogP contribution in [0.15, 0.2) is 24.3 Å². The lowest BCUT2D eigenvalue weighted by Crippen LogP contribution is -2.37. The lowest BCUT2D eigenvalue weighted by molar-refractivity contribution is -0.0188. The van der Waals surface area contributed by atoms with Crippen LogP contribution in [0.1, 0.15) is 24.3 Å². The molecule has 0 aliphatic carbocycles. The van der Waals surface area contributed by atoms with E-state index in [9.17, 15) is 9.50 Å². The number of nitrogens with two attached hydrogens (primary N) is 1. The summed E-state index contributed by atoms with van der Waals surface area (Å²) in [5, 5.41) is 10.4. The highest BCUT2D eigenvalue weighted by atomic mass is 19.1. The van der Waals surface area contributed by atoms with Crippen molar-refractivity contribution in [1.29, 1.82) is 0 Å². The Bertz CT molecular complexity index is 380. The van der Waals surface area contributed by atoms with Gasteiger partial charge in [0.25, 0.3) is 0 Å². The van der Waals surface area contributed by atoms with Crippen molar-refractivity contribution >= 4 is 0 Å². The van der Waals surface area contributed by atoms with E-state index in [1.807, 2.05) is 0 Å². The first kappa shape index (κ1) is 13.5. The number of hydrogen-bond donors (Lipinski definition) is 2. The van der Waals surface area contributed by atoms with Gasteiger partial charge < -0.3 is 15.6 Å². The lowest BCUT2D eigenvalue weighted by atomic mass is 9.83. The summed E-state index contributed by atoms with van der Waals surface area (Å²) in [6, 6.07) is 6.51. The van der Waals surface area contributed by atoms with E-state index in [2.05, 4.69) is 0 Å². The Hall–Kier alpha value is -0.970. The van der Waals surface area contributed by atoms with Crippen LogP contribution in [-0.4, -0.2) is 31.0 Å². The van der Waals surface area contributed by atoms with E-state index in [4.69, 9.17) is 10.5 Å². The van der Waals surface area contributed by atoms with E-state index in [-0.39, 0.29) is 24.2 Å². The summed E-state index contributed by atoms with van der Waals surface area (Å²) in [4.78, 5) is 0. The first-order valence-electron chi connectivity index (χ1n) is 6.44. The van der Waals surface area contributed by atoms with Crippen molar-refractivity contribution in [3.05, 3.63) is 35.6 Å². The molecule has 3 atom stereocenters. The molecule has 3 N–H and O–H groups in total. The van der Waals surface area contributed by atoms with Gasteiger partial charge in [0.2, 0.25) is 0 Å². The number of ether oxygens (including phenoxy) is 1. The van der Waals surface area contributed by atoms with E-state index in [1.165, 1.54) is 6.07 Å². The second-order valence-electron chi connectivity index (χ2n) is 4.83. The standard InChI is InChI=1S/C14H20FNO2/c15-13-6-2-1-5-11(13)12(8-16)14(17)10-4-3-7-18-9-10/h1-2,5-6,10,12,14,17H,3-4,7-9,16H2. The van der Waals surface area contributed by atoms with Crippen LogP contribution in [0, 0.1) is 11.7 Å². The molecule has 1 aromatic carbocycles. The second kappa shape index (κ2) is 6.27. The predicted octanol–water partition coefficient (Wildman–Crippen LogP) is 1.66. The van der Waals surface area contributed by atoms with Crippen LogP contribution in [0.2, 0.25) is 0 Å². The fraction of sp³-hybridized carbons (Fsp3) is 0.571. The molecule has 0 amide bonds. The molecule has 1 aromatic rings. The minimum atomic E-state index is -0.646. The number of halogens is 1. The highest BCUT2D eigenvalue weighted by Gasteiger charge is 2.30. The fourth-order valence-corrected chi connectivity index (χ4v) is 2.59. The highest BCUT2D eigenvalue weighted by molar-refractivity contribution is 5.23. The maximum atomic E-state index is 13.8. The number of aliphatic hydroxyl groups is 1. The maximum Gasteiger partial charge on any atom is 0.126 e. The molecular formula is C14H20FNO2. The Kier molecular flexibility index (Phi) is 4.69. The number of rotatable bonds is 4. The molecule has 2 rings (SSSR count). The third kappa shape index (κ3) is 2.88. The molecule has 0 radical (unpaired) electrons. The van der Waals surface area contributed by atoms with Gasteiger partial charge in [0.05, 0.1) is 12.7 Å². The van der Waals surface area contributed by atoms with Gasteiger partial charge >= 0.3 is 0 Å².